The maximum absolute atomic E-state index is 5.11. The Labute approximate surface area is 107 Å². The molecule has 0 spiro atoms. The molecule has 0 saturated carbocycles. The Morgan fingerprint density at radius 1 is 1.47 bits per heavy atom. The van der Waals surface area contributed by atoms with Gasteiger partial charge >= 0.3 is 0 Å². The molecule has 0 aromatic carbocycles. The number of rotatable bonds is 4. The van der Waals surface area contributed by atoms with Crippen LogP contribution in [0.2, 0.25) is 0 Å². The first-order chi connectivity index (χ1) is 8.29. The second kappa shape index (κ2) is 5.57. The first kappa shape index (κ1) is 11.8. The van der Waals surface area contributed by atoms with Gasteiger partial charge < -0.3 is 4.52 Å². The SMILES string of the molecule is C#CCNCc1nc(-c2ccc(Br)cn2)no1. The van der Waals surface area contributed by atoms with Crippen LogP contribution in [0.5, 0.6) is 0 Å². The van der Waals surface area contributed by atoms with Crippen molar-refractivity contribution in [2.24, 2.45) is 0 Å². The molecule has 17 heavy (non-hydrogen) atoms. The first-order valence-corrected chi connectivity index (χ1v) is 5.67. The Kier molecular flexibility index (Phi) is 3.85. The number of halogens is 1. The van der Waals surface area contributed by atoms with Crippen LogP contribution in [0.4, 0.5) is 0 Å². The van der Waals surface area contributed by atoms with Crippen LogP contribution in [-0.2, 0) is 6.54 Å². The van der Waals surface area contributed by atoms with Gasteiger partial charge in [0.1, 0.15) is 5.69 Å². The predicted octanol–water partition coefficient (Wildman–Crippen LogP) is 1.62. The Hall–Kier alpha value is -1.71. The van der Waals surface area contributed by atoms with E-state index in [9.17, 15) is 0 Å². The highest BCUT2D eigenvalue weighted by Gasteiger charge is 2.08. The van der Waals surface area contributed by atoms with E-state index in [0.717, 1.165) is 4.47 Å². The number of hydrogen-bond donors (Lipinski definition) is 1. The third-order valence-electron chi connectivity index (χ3n) is 1.93. The van der Waals surface area contributed by atoms with Crippen molar-refractivity contribution < 1.29 is 4.52 Å². The lowest BCUT2D eigenvalue weighted by molar-refractivity contribution is 0.370. The summed E-state index contributed by atoms with van der Waals surface area (Å²) in [7, 11) is 0. The summed E-state index contributed by atoms with van der Waals surface area (Å²) < 4.78 is 5.96. The van der Waals surface area contributed by atoms with E-state index in [1.807, 2.05) is 12.1 Å². The highest BCUT2D eigenvalue weighted by molar-refractivity contribution is 9.10. The number of aromatic nitrogens is 3. The highest BCUT2D eigenvalue weighted by atomic mass is 79.9. The Bertz CT molecular complexity index is 529. The van der Waals surface area contributed by atoms with Gasteiger partial charge in [-0.05, 0) is 28.1 Å². The summed E-state index contributed by atoms with van der Waals surface area (Å²) in [5.74, 6) is 3.42. The van der Waals surface area contributed by atoms with Gasteiger partial charge in [0.25, 0.3) is 0 Å². The fraction of sp³-hybridized carbons (Fsp3) is 0.182. The molecule has 0 aliphatic rings. The summed E-state index contributed by atoms with van der Waals surface area (Å²) in [5.41, 5.74) is 0.667. The topological polar surface area (TPSA) is 63.8 Å². The Balaban J connectivity index is 2.08. The number of terminal acetylenes is 1. The molecule has 0 fully saturated rings. The molecule has 2 heterocycles. The Morgan fingerprint density at radius 3 is 3.06 bits per heavy atom. The normalized spacial score (nSPS) is 10.1. The molecule has 2 rings (SSSR count). The van der Waals surface area contributed by atoms with Gasteiger partial charge in [0.2, 0.25) is 11.7 Å². The third kappa shape index (κ3) is 3.12. The summed E-state index contributed by atoms with van der Waals surface area (Å²) in [6, 6.07) is 3.68. The van der Waals surface area contributed by atoms with Crippen LogP contribution in [0.25, 0.3) is 11.5 Å². The highest BCUT2D eigenvalue weighted by Crippen LogP contribution is 2.15. The Morgan fingerprint density at radius 2 is 2.35 bits per heavy atom. The summed E-state index contributed by atoms with van der Waals surface area (Å²) in [5, 5.41) is 6.80. The van der Waals surface area contributed by atoms with Crippen molar-refractivity contribution in [3.05, 3.63) is 28.7 Å². The van der Waals surface area contributed by atoms with Crippen molar-refractivity contribution >= 4 is 15.9 Å². The molecule has 2 aromatic rings. The molecular formula is C11H9BrN4O. The van der Waals surface area contributed by atoms with Crippen LogP contribution in [0.1, 0.15) is 5.89 Å². The van der Waals surface area contributed by atoms with E-state index in [1.54, 1.807) is 6.20 Å². The molecule has 2 aromatic heterocycles. The van der Waals surface area contributed by atoms with Crippen LogP contribution >= 0.6 is 15.9 Å². The number of hydrogen-bond acceptors (Lipinski definition) is 5. The molecule has 0 bridgehead atoms. The van der Waals surface area contributed by atoms with Crippen molar-refractivity contribution in [2.75, 3.05) is 6.54 Å². The lowest BCUT2D eigenvalue weighted by atomic mass is 10.3. The minimum Gasteiger partial charge on any atom is -0.337 e. The fourth-order valence-corrected chi connectivity index (χ4v) is 1.41. The predicted molar refractivity (Wildman–Crippen MR) is 65.8 cm³/mol. The molecule has 0 aliphatic carbocycles. The molecule has 0 aliphatic heterocycles. The third-order valence-corrected chi connectivity index (χ3v) is 2.40. The zero-order valence-corrected chi connectivity index (χ0v) is 10.4. The standard InChI is InChI=1S/C11H9BrN4O/c1-2-5-13-7-10-15-11(16-17-10)9-4-3-8(12)6-14-9/h1,3-4,6,13H,5,7H2. The van der Waals surface area contributed by atoms with Gasteiger partial charge in [-0.3, -0.25) is 10.3 Å². The van der Waals surface area contributed by atoms with Crippen molar-refractivity contribution in [3.63, 3.8) is 0 Å². The van der Waals surface area contributed by atoms with Gasteiger partial charge in [-0.2, -0.15) is 4.98 Å². The van der Waals surface area contributed by atoms with E-state index >= 15 is 0 Å². The lowest BCUT2D eigenvalue weighted by Crippen LogP contribution is -2.13. The fourth-order valence-electron chi connectivity index (χ4n) is 1.18. The number of nitrogens with one attached hydrogen (secondary N) is 1. The second-order valence-corrected chi connectivity index (χ2v) is 4.10. The molecule has 0 amide bonds. The molecule has 86 valence electrons. The molecule has 0 saturated heterocycles. The van der Waals surface area contributed by atoms with Gasteiger partial charge in [-0.25, -0.2) is 0 Å². The van der Waals surface area contributed by atoms with E-state index < -0.39 is 0 Å². The van der Waals surface area contributed by atoms with Crippen molar-refractivity contribution in [1.82, 2.24) is 20.4 Å². The van der Waals surface area contributed by atoms with Gasteiger partial charge in [0, 0.05) is 10.7 Å². The first-order valence-electron chi connectivity index (χ1n) is 4.88. The van der Waals surface area contributed by atoms with Crippen LogP contribution in [0.15, 0.2) is 27.3 Å². The zero-order chi connectivity index (χ0) is 12.1. The molecule has 0 atom stereocenters. The number of nitrogens with zero attached hydrogens (tertiary/aromatic N) is 3. The van der Waals surface area contributed by atoms with Crippen LogP contribution < -0.4 is 5.32 Å². The smallest absolute Gasteiger partial charge is 0.240 e. The average molecular weight is 293 g/mol. The second-order valence-electron chi connectivity index (χ2n) is 3.18. The van der Waals surface area contributed by atoms with Crippen LogP contribution in [0, 0.1) is 12.3 Å². The lowest BCUT2D eigenvalue weighted by Gasteiger charge is -1.93. The number of pyridine rings is 1. The summed E-state index contributed by atoms with van der Waals surface area (Å²) in [6.45, 7) is 0.919. The van der Waals surface area contributed by atoms with Crippen LogP contribution in [-0.4, -0.2) is 21.7 Å². The van der Waals surface area contributed by atoms with Gasteiger partial charge in [0.15, 0.2) is 0 Å². The molecule has 0 unspecified atom stereocenters. The van der Waals surface area contributed by atoms with Gasteiger partial charge in [-0.15, -0.1) is 6.42 Å². The van der Waals surface area contributed by atoms with Crippen molar-refractivity contribution in [3.8, 4) is 23.9 Å². The van der Waals surface area contributed by atoms with E-state index in [4.69, 9.17) is 10.9 Å². The minimum atomic E-state index is 0.452. The molecule has 6 heteroatoms. The minimum absolute atomic E-state index is 0.452. The van der Waals surface area contributed by atoms with E-state index in [-0.39, 0.29) is 0 Å². The van der Waals surface area contributed by atoms with Gasteiger partial charge in [-0.1, -0.05) is 11.1 Å². The van der Waals surface area contributed by atoms with Crippen LogP contribution in [0.3, 0.4) is 0 Å². The zero-order valence-electron chi connectivity index (χ0n) is 8.85. The van der Waals surface area contributed by atoms with E-state index in [2.05, 4.69) is 42.3 Å². The maximum atomic E-state index is 5.11. The van der Waals surface area contributed by atoms with Crippen molar-refractivity contribution in [2.45, 2.75) is 6.54 Å². The molecule has 0 radical (unpaired) electrons. The largest absolute Gasteiger partial charge is 0.337 e. The molecular weight excluding hydrogens is 284 g/mol. The average Bonchev–Trinajstić information content (AvgIpc) is 2.79. The van der Waals surface area contributed by atoms with E-state index in [1.165, 1.54) is 0 Å². The monoisotopic (exact) mass is 292 g/mol. The summed E-state index contributed by atoms with van der Waals surface area (Å²) in [4.78, 5) is 8.37. The quantitative estimate of drug-likeness (QED) is 0.685. The molecule has 5 nitrogen and oxygen atoms in total. The summed E-state index contributed by atoms with van der Waals surface area (Å²) >= 11 is 3.31. The molecule has 1 N–H and O–H groups in total. The maximum Gasteiger partial charge on any atom is 0.240 e. The van der Waals surface area contributed by atoms with Crippen molar-refractivity contribution in [1.29, 1.82) is 0 Å². The van der Waals surface area contributed by atoms with E-state index in [0.29, 0.717) is 30.5 Å². The van der Waals surface area contributed by atoms with Gasteiger partial charge in [0.05, 0.1) is 13.1 Å². The summed E-state index contributed by atoms with van der Waals surface area (Å²) in [6.07, 6.45) is 6.79.